The summed E-state index contributed by atoms with van der Waals surface area (Å²) in [5.41, 5.74) is 0. The molecule has 0 aliphatic heterocycles. The first-order valence-electron chi connectivity index (χ1n) is 3.92. The van der Waals surface area contributed by atoms with E-state index < -0.39 is 0 Å². The predicted molar refractivity (Wildman–Crippen MR) is 43.6 cm³/mol. The topological polar surface area (TPSA) is 20.2 Å². The van der Waals surface area contributed by atoms with Gasteiger partial charge in [0.15, 0.2) is 0 Å². The Morgan fingerprint density at radius 2 is 2.20 bits per heavy atom. The molecule has 1 atom stereocenters. The Kier molecular flexibility index (Phi) is 6.32. The molecule has 0 radical (unpaired) electrons. The van der Waals surface area contributed by atoms with Crippen molar-refractivity contribution in [1.29, 1.82) is 0 Å². The van der Waals surface area contributed by atoms with Crippen molar-refractivity contribution >= 4 is 0 Å². The summed E-state index contributed by atoms with van der Waals surface area (Å²) in [4.78, 5) is 0. The van der Waals surface area contributed by atoms with Crippen LogP contribution in [-0.2, 0) is 0 Å². The Morgan fingerprint density at radius 1 is 1.50 bits per heavy atom. The van der Waals surface area contributed by atoms with E-state index >= 15 is 0 Å². The molecule has 1 nitrogen and oxygen atoms in total. The molecule has 0 heterocycles. The Balaban J connectivity index is 3.20. The predicted octanol–water partition coefficient (Wildman–Crippen LogP) is 1.81. The van der Waals surface area contributed by atoms with Gasteiger partial charge in [0, 0.05) is 5.92 Å². The van der Waals surface area contributed by atoms with Crippen molar-refractivity contribution in [2.45, 2.75) is 32.6 Å². The van der Waals surface area contributed by atoms with Gasteiger partial charge in [-0.2, -0.15) is 0 Å². The Hall–Kier alpha value is -0.480. The lowest BCUT2D eigenvalue weighted by Gasteiger charge is -2.04. The van der Waals surface area contributed by atoms with E-state index in [-0.39, 0.29) is 12.5 Å². The minimum atomic E-state index is 0.0894. The Labute approximate surface area is 63.5 Å². The zero-order chi connectivity index (χ0) is 7.82. The van der Waals surface area contributed by atoms with E-state index in [0.29, 0.717) is 0 Å². The summed E-state index contributed by atoms with van der Waals surface area (Å²) < 4.78 is 0. The molecule has 0 bridgehead atoms. The van der Waals surface area contributed by atoms with E-state index in [1.54, 1.807) is 0 Å². The molecule has 0 aliphatic rings. The first-order chi connectivity index (χ1) is 4.85. The quantitative estimate of drug-likeness (QED) is 0.456. The van der Waals surface area contributed by atoms with Crippen LogP contribution in [0.5, 0.6) is 0 Å². The highest BCUT2D eigenvalue weighted by Gasteiger charge is 2.00. The number of hydrogen-bond donors (Lipinski definition) is 1. The number of aliphatic hydroxyl groups excluding tert-OH is 1. The van der Waals surface area contributed by atoms with E-state index in [1.165, 1.54) is 12.8 Å². The van der Waals surface area contributed by atoms with Crippen LogP contribution >= 0.6 is 0 Å². The summed E-state index contributed by atoms with van der Waals surface area (Å²) in [6.07, 6.45) is 9.70. The number of hydrogen-bond acceptors (Lipinski definition) is 1. The molecule has 0 saturated heterocycles. The van der Waals surface area contributed by atoms with E-state index in [9.17, 15) is 0 Å². The van der Waals surface area contributed by atoms with Gasteiger partial charge in [-0.05, 0) is 6.42 Å². The highest BCUT2D eigenvalue weighted by molar-refractivity contribution is 4.92. The van der Waals surface area contributed by atoms with Crippen molar-refractivity contribution in [2.24, 2.45) is 5.92 Å². The van der Waals surface area contributed by atoms with Gasteiger partial charge in [-0.15, -0.1) is 12.3 Å². The third-order valence-corrected chi connectivity index (χ3v) is 1.61. The van der Waals surface area contributed by atoms with Gasteiger partial charge in [0.2, 0.25) is 0 Å². The molecule has 0 fully saturated rings. The van der Waals surface area contributed by atoms with Gasteiger partial charge in [0.1, 0.15) is 0 Å². The lowest BCUT2D eigenvalue weighted by atomic mass is 10.0. The van der Waals surface area contributed by atoms with Crippen molar-refractivity contribution in [1.82, 2.24) is 0 Å². The van der Waals surface area contributed by atoms with Gasteiger partial charge in [-0.25, -0.2) is 0 Å². The summed E-state index contributed by atoms with van der Waals surface area (Å²) in [7, 11) is 0. The molecule has 0 aromatic rings. The van der Waals surface area contributed by atoms with Gasteiger partial charge < -0.3 is 5.11 Å². The zero-order valence-corrected chi connectivity index (χ0v) is 6.64. The summed E-state index contributed by atoms with van der Waals surface area (Å²) >= 11 is 0. The van der Waals surface area contributed by atoms with Crippen LogP contribution in [0.2, 0.25) is 0 Å². The average Bonchev–Trinajstić information content (AvgIpc) is 1.99. The highest BCUT2D eigenvalue weighted by atomic mass is 16.3. The van der Waals surface area contributed by atoms with Crippen molar-refractivity contribution in [2.75, 3.05) is 6.61 Å². The van der Waals surface area contributed by atoms with Crippen LogP contribution < -0.4 is 0 Å². The van der Waals surface area contributed by atoms with Crippen LogP contribution in [-0.4, -0.2) is 11.7 Å². The standard InChI is InChI=1S/C9H16O/c1-3-5-6-7-9(4-2)8-10/h2,9-10H,3,5-8H2,1H3. The molecule has 0 amide bonds. The molecule has 0 rings (SSSR count). The maximum Gasteiger partial charge on any atom is 0.0568 e. The first kappa shape index (κ1) is 9.52. The molecular formula is C9H16O. The summed E-state index contributed by atoms with van der Waals surface area (Å²) in [5, 5.41) is 8.68. The molecule has 0 aliphatic carbocycles. The molecular weight excluding hydrogens is 124 g/mol. The van der Waals surface area contributed by atoms with Gasteiger partial charge >= 0.3 is 0 Å². The largest absolute Gasteiger partial charge is 0.395 e. The molecule has 0 saturated carbocycles. The van der Waals surface area contributed by atoms with Crippen molar-refractivity contribution in [3.05, 3.63) is 0 Å². The second kappa shape index (κ2) is 6.64. The average molecular weight is 140 g/mol. The van der Waals surface area contributed by atoms with Crippen LogP contribution in [0.15, 0.2) is 0 Å². The Morgan fingerprint density at radius 3 is 2.60 bits per heavy atom. The highest BCUT2D eigenvalue weighted by Crippen LogP contribution is 2.07. The molecule has 10 heavy (non-hydrogen) atoms. The van der Waals surface area contributed by atoms with Gasteiger partial charge in [-0.3, -0.25) is 0 Å². The summed E-state index contributed by atoms with van der Waals surface area (Å²) in [6, 6.07) is 0. The number of unbranched alkanes of at least 4 members (excludes halogenated alkanes) is 2. The molecule has 0 aromatic heterocycles. The maximum atomic E-state index is 8.68. The molecule has 1 heteroatoms. The molecule has 1 unspecified atom stereocenters. The summed E-state index contributed by atoms with van der Waals surface area (Å²) in [5.74, 6) is 2.65. The lowest BCUT2D eigenvalue weighted by Crippen LogP contribution is -2.01. The third-order valence-electron chi connectivity index (χ3n) is 1.61. The minimum absolute atomic E-state index is 0.0894. The molecule has 1 N–H and O–H groups in total. The van der Waals surface area contributed by atoms with E-state index in [0.717, 1.165) is 12.8 Å². The third kappa shape index (κ3) is 4.40. The second-order valence-corrected chi connectivity index (χ2v) is 2.54. The van der Waals surface area contributed by atoms with Gasteiger partial charge in [0.05, 0.1) is 6.61 Å². The fourth-order valence-electron chi connectivity index (χ4n) is 0.868. The normalized spacial score (nSPS) is 12.5. The monoisotopic (exact) mass is 140 g/mol. The van der Waals surface area contributed by atoms with Crippen LogP contribution in [0.3, 0.4) is 0 Å². The Bertz CT molecular complexity index is 102. The zero-order valence-electron chi connectivity index (χ0n) is 6.64. The van der Waals surface area contributed by atoms with Crippen molar-refractivity contribution < 1.29 is 5.11 Å². The van der Waals surface area contributed by atoms with E-state index in [1.807, 2.05) is 0 Å². The van der Waals surface area contributed by atoms with Crippen molar-refractivity contribution in [3.8, 4) is 12.3 Å². The van der Waals surface area contributed by atoms with E-state index in [4.69, 9.17) is 11.5 Å². The fraction of sp³-hybridized carbons (Fsp3) is 0.778. The van der Waals surface area contributed by atoms with Crippen LogP contribution in [0.1, 0.15) is 32.6 Å². The fourth-order valence-corrected chi connectivity index (χ4v) is 0.868. The van der Waals surface area contributed by atoms with Gasteiger partial charge in [0.25, 0.3) is 0 Å². The van der Waals surface area contributed by atoms with Gasteiger partial charge in [-0.1, -0.05) is 26.2 Å². The van der Waals surface area contributed by atoms with Crippen LogP contribution in [0.25, 0.3) is 0 Å². The maximum absolute atomic E-state index is 8.68. The first-order valence-corrected chi connectivity index (χ1v) is 3.92. The minimum Gasteiger partial charge on any atom is -0.395 e. The number of rotatable bonds is 5. The van der Waals surface area contributed by atoms with E-state index in [2.05, 4.69) is 12.8 Å². The number of terminal acetylenes is 1. The number of aliphatic hydroxyl groups is 1. The lowest BCUT2D eigenvalue weighted by molar-refractivity contribution is 0.248. The molecule has 58 valence electrons. The summed E-state index contributed by atoms with van der Waals surface area (Å²) in [6.45, 7) is 2.30. The second-order valence-electron chi connectivity index (χ2n) is 2.54. The molecule has 0 spiro atoms. The molecule has 0 aromatic carbocycles. The SMILES string of the molecule is C#CC(CO)CCCCC. The smallest absolute Gasteiger partial charge is 0.0568 e. The van der Waals surface area contributed by atoms with Crippen LogP contribution in [0, 0.1) is 18.3 Å². The van der Waals surface area contributed by atoms with Crippen molar-refractivity contribution in [3.63, 3.8) is 0 Å². The van der Waals surface area contributed by atoms with Crippen LogP contribution in [0.4, 0.5) is 0 Å².